The molecule has 0 aromatic heterocycles. The number of hydrogen-bond donors (Lipinski definition) is 0. The standard InChI is InChI=1S/C12H15Cl3S/c13-7-3-1-2-4-8-16-12-9-10(14)5-6-11(12)15/h5-6,9H,1-4,7-8H2. The van der Waals surface area contributed by atoms with Crippen molar-refractivity contribution in [1.82, 2.24) is 0 Å². The quantitative estimate of drug-likeness (QED) is 0.344. The number of unbranched alkanes of at least 4 members (excludes halogenated alkanes) is 3. The first-order valence-corrected chi connectivity index (χ1v) is 7.65. The highest BCUT2D eigenvalue weighted by Gasteiger charge is 2.01. The Labute approximate surface area is 117 Å². The van der Waals surface area contributed by atoms with Gasteiger partial charge in [-0.05, 0) is 36.8 Å². The van der Waals surface area contributed by atoms with Gasteiger partial charge in [-0.3, -0.25) is 0 Å². The van der Waals surface area contributed by atoms with Crippen LogP contribution in [0.25, 0.3) is 0 Å². The van der Waals surface area contributed by atoms with Gasteiger partial charge >= 0.3 is 0 Å². The first kappa shape index (κ1) is 14.5. The molecular formula is C12H15Cl3S. The summed E-state index contributed by atoms with van der Waals surface area (Å²) >= 11 is 19.4. The molecule has 1 aromatic rings. The van der Waals surface area contributed by atoms with Gasteiger partial charge in [-0.25, -0.2) is 0 Å². The molecule has 90 valence electrons. The molecule has 16 heavy (non-hydrogen) atoms. The van der Waals surface area contributed by atoms with Crippen molar-refractivity contribution in [3.63, 3.8) is 0 Å². The lowest BCUT2D eigenvalue weighted by atomic mass is 10.2. The first-order chi connectivity index (χ1) is 7.74. The maximum Gasteiger partial charge on any atom is 0.0542 e. The van der Waals surface area contributed by atoms with E-state index in [0.717, 1.165) is 33.0 Å². The summed E-state index contributed by atoms with van der Waals surface area (Å²) < 4.78 is 0. The summed E-state index contributed by atoms with van der Waals surface area (Å²) in [5.41, 5.74) is 0. The lowest BCUT2D eigenvalue weighted by Gasteiger charge is -2.04. The summed E-state index contributed by atoms with van der Waals surface area (Å²) in [6.45, 7) is 0. The molecule has 0 nitrogen and oxygen atoms in total. The van der Waals surface area contributed by atoms with Gasteiger partial charge in [0.25, 0.3) is 0 Å². The molecule has 0 spiro atoms. The highest BCUT2D eigenvalue weighted by atomic mass is 35.5. The Hall–Kier alpha value is 0.440. The molecule has 0 saturated heterocycles. The van der Waals surface area contributed by atoms with Crippen LogP contribution in [0.1, 0.15) is 25.7 Å². The third-order valence-electron chi connectivity index (χ3n) is 2.18. The van der Waals surface area contributed by atoms with Gasteiger partial charge in [0.15, 0.2) is 0 Å². The SMILES string of the molecule is ClCCCCCCSc1cc(Cl)ccc1Cl. The van der Waals surface area contributed by atoms with E-state index in [-0.39, 0.29) is 0 Å². The molecule has 0 aliphatic rings. The molecule has 1 aromatic carbocycles. The fraction of sp³-hybridized carbons (Fsp3) is 0.500. The van der Waals surface area contributed by atoms with Crippen LogP contribution >= 0.6 is 46.6 Å². The number of alkyl halides is 1. The van der Waals surface area contributed by atoms with Crippen molar-refractivity contribution in [3.05, 3.63) is 28.2 Å². The van der Waals surface area contributed by atoms with Crippen LogP contribution in [0.3, 0.4) is 0 Å². The number of thioether (sulfide) groups is 1. The maximum absolute atomic E-state index is 6.06. The highest BCUT2D eigenvalue weighted by molar-refractivity contribution is 7.99. The van der Waals surface area contributed by atoms with Gasteiger partial charge in [0.1, 0.15) is 0 Å². The molecule has 0 amide bonds. The van der Waals surface area contributed by atoms with Gasteiger partial charge in [0.05, 0.1) is 5.02 Å². The zero-order chi connectivity index (χ0) is 11.8. The van der Waals surface area contributed by atoms with Crippen LogP contribution in [0.15, 0.2) is 23.1 Å². The maximum atomic E-state index is 6.06. The van der Waals surface area contributed by atoms with E-state index in [1.165, 1.54) is 19.3 Å². The van der Waals surface area contributed by atoms with Crippen molar-refractivity contribution in [1.29, 1.82) is 0 Å². The van der Waals surface area contributed by atoms with Gasteiger partial charge in [0.2, 0.25) is 0 Å². The zero-order valence-electron chi connectivity index (χ0n) is 9.02. The highest BCUT2D eigenvalue weighted by Crippen LogP contribution is 2.30. The molecule has 1 rings (SSSR count). The van der Waals surface area contributed by atoms with E-state index in [0.29, 0.717) is 0 Å². The topological polar surface area (TPSA) is 0 Å². The summed E-state index contributed by atoms with van der Waals surface area (Å²) in [5, 5.41) is 1.53. The Kier molecular flexibility index (Phi) is 7.72. The van der Waals surface area contributed by atoms with Crippen LogP contribution < -0.4 is 0 Å². The van der Waals surface area contributed by atoms with Gasteiger partial charge < -0.3 is 0 Å². The van der Waals surface area contributed by atoms with E-state index in [4.69, 9.17) is 34.8 Å². The van der Waals surface area contributed by atoms with Crippen molar-refractivity contribution in [3.8, 4) is 0 Å². The lowest BCUT2D eigenvalue weighted by molar-refractivity contribution is 0.709. The lowest BCUT2D eigenvalue weighted by Crippen LogP contribution is -1.83. The van der Waals surface area contributed by atoms with E-state index in [9.17, 15) is 0 Å². The molecule has 0 saturated carbocycles. The third kappa shape index (κ3) is 5.67. The second kappa shape index (κ2) is 8.52. The Morgan fingerprint density at radius 3 is 2.50 bits per heavy atom. The van der Waals surface area contributed by atoms with Crippen LogP contribution in [0.5, 0.6) is 0 Å². The molecule has 0 radical (unpaired) electrons. The normalized spacial score (nSPS) is 10.7. The molecule has 0 N–H and O–H groups in total. The second-order valence-corrected chi connectivity index (χ2v) is 5.88. The number of rotatable bonds is 7. The second-order valence-electron chi connectivity index (χ2n) is 3.53. The van der Waals surface area contributed by atoms with E-state index >= 15 is 0 Å². The minimum Gasteiger partial charge on any atom is -0.127 e. The van der Waals surface area contributed by atoms with E-state index in [1.807, 2.05) is 18.2 Å². The largest absolute Gasteiger partial charge is 0.127 e. The summed E-state index contributed by atoms with van der Waals surface area (Å²) in [6, 6.07) is 5.58. The molecule has 0 aliphatic heterocycles. The Bertz CT molecular complexity index is 315. The van der Waals surface area contributed by atoms with Gasteiger partial charge in [-0.1, -0.05) is 36.0 Å². The predicted molar refractivity (Wildman–Crippen MR) is 76.4 cm³/mol. The van der Waals surface area contributed by atoms with Crippen LogP contribution in [0.4, 0.5) is 0 Å². The molecule has 0 atom stereocenters. The molecule has 0 unspecified atom stereocenters. The summed E-state index contributed by atoms with van der Waals surface area (Å²) in [4.78, 5) is 1.08. The van der Waals surface area contributed by atoms with Crippen molar-refractivity contribution < 1.29 is 0 Å². The van der Waals surface area contributed by atoms with Crippen molar-refractivity contribution in [2.45, 2.75) is 30.6 Å². The predicted octanol–water partition coefficient (Wildman–Crippen LogP) is 5.88. The van der Waals surface area contributed by atoms with Crippen molar-refractivity contribution >= 4 is 46.6 Å². The molecule has 0 heterocycles. The monoisotopic (exact) mass is 296 g/mol. The fourth-order valence-electron chi connectivity index (χ4n) is 1.32. The minimum atomic E-state index is 0.744. The van der Waals surface area contributed by atoms with Crippen LogP contribution in [0, 0.1) is 0 Å². The number of hydrogen-bond acceptors (Lipinski definition) is 1. The van der Waals surface area contributed by atoms with E-state index in [2.05, 4.69) is 0 Å². The first-order valence-electron chi connectivity index (χ1n) is 5.38. The Morgan fingerprint density at radius 2 is 1.75 bits per heavy atom. The molecule has 0 aliphatic carbocycles. The van der Waals surface area contributed by atoms with Crippen molar-refractivity contribution in [2.24, 2.45) is 0 Å². The van der Waals surface area contributed by atoms with Crippen LogP contribution in [-0.4, -0.2) is 11.6 Å². The third-order valence-corrected chi connectivity index (χ3v) is 4.26. The summed E-state index contributed by atoms with van der Waals surface area (Å²) in [5.74, 6) is 1.86. The van der Waals surface area contributed by atoms with Gasteiger partial charge in [0, 0.05) is 15.8 Å². The number of halogens is 3. The smallest absolute Gasteiger partial charge is 0.0542 e. The Morgan fingerprint density at radius 1 is 1.00 bits per heavy atom. The average molecular weight is 298 g/mol. The average Bonchev–Trinajstić information content (AvgIpc) is 2.28. The van der Waals surface area contributed by atoms with Crippen LogP contribution in [0.2, 0.25) is 10.0 Å². The molecule has 0 fully saturated rings. The fourth-order valence-corrected chi connectivity index (χ4v) is 3.01. The molecule has 0 bridgehead atoms. The van der Waals surface area contributed by atoms with Gasteiger partial charge in [-0.15, -0.1) is 23.4 Å². The van der Waals surface area contributed by atoms with Crippen LogP contribution in [-0.2, 0) is 0 Å². The zero-order valence-corrected chi connectivity index (χ0v) is 12.1. The molecular weight excluding hydrogens is 283 g/mol. The Balaban J connectivity index is 2.23. The number of benzene rings is 1. The van der Waals surface area contributed by atoms with E-state index < -0.39 is 0 Å². The minimum absolute atomic E-state index is 0.744. The molecule has 4 heteroatoms. The summed E-state index contributed by atoms with van der Waals surface area (Å²) in [6.07, 6.45) is 4.76. The van der Waals surface area contributed by atoms with Gasteiger partial charge in [-0.2, -0.15) is 0 Å². The van der Waals surface area contributed by atoms with Crippen molar-refractivity contribution in [2.75, 3.05) is 11.6 Å². The summed E-state index contributed by atoms with van der Waals surface area (Å²) in [7, 11) is 0. The van der Waals surface area contributed by atoms with E-state index in [1.54, 1.807) is 11.8 Å².